The van der Waals surface area contributed by atoms with Crippen molar-refractivity contribution < 1.29 is 4.52 Å². The molecule has 0 spiro atoms. The first kappa shape index (κ1) is 12.5. The van der Waals surface area contributed by atoms with E-state index >= 15 is 0 Å². The Hall–Kier alpha value is -2.50. The standard InChI is InChI=1S/C14H15N5O/c1-10-7-11(9-15-8-10)3-4-13-16-14(18-20-13)12-5-6-19(2)17-12/h5-9H,3-4H2,1-2H3. The van der Waals surface area contributed by atoms with E-state index in [1.807, 2.05) is 38.6 Å². The molecule has 20 heavy (non-hydrogen) atoms. The highest BCUT2D eigenvalue weighted by atomic mass is 16.5. The van der Waals surface area contributed by atoms with Crippen LogP contribution in [0.25, 0.3) is 11.5 Å². The van der Waals surface area contributed by atoms with Crippen molar-refractivity contribution in [3.8, 4) is 11.5 Å². The van der Waals surface area contributed by atoms with E-state index in [0.717, 1.165) is 17.7 Å². The van der Waals surface area contributed by atoms with E-state index in [1.165, 1.54) is 5.56 Å². The Morgan fingerprint density at radius 3 is 2.90 bits per heavy atom. The Bertz CT molecular complexity index is 716. The van der Waals surface area contributed by atoms with E-state index in [1.54, 1.807) is 4.68 Å². The van der Waals surface area contributed by atoms with Crippen molar-refractivity contribution in [1.82, 2.24) is 24.9 Å². The van der Waals surface area contributed by atoms with Gasteiger partial charge in [-0.15, -0.1) is 0 Å². The van der Waals surface area contributed by atoms with Gasteiger partial charge in [0.25, 0.3) is 0 Å². The first-order valence-corrected chi connectivity index (χ1v) is 6.44. The van der Waals surface area contributed by atoms with Crippen LogP contribution in [0.4, 0.5) is 0 Å². The predicted molar refractivity (Wildman–Crippen MR) is 72.9 cm³/mol. The molecular formula is C14H15N5O. The van der Waals surface area contributed by atoms with Crippen molar-refractivity contribution >= 4 is 0 Å². The summed E-state index contributed by atoms with van der Waals surface area (Å²) in [6.45, 7) is 2.03. The van der Waals surface area contributed by atoms with Crippen molar-refractivity contribution in [1.29, 1.82) is 0 Å². The van der Waals surface area contributed by atoms with Crippen LogP contribution < -0.4 is 0 Å². The van der Waals surface area contributed by atoms with Gasteiger partial charge in [0.2, 0.25) is 11.7 Å². The van der Waals surface area contributed by atoms with E-state index in [-0.39, 0.29) is 0 Å². The number of nitrogens with zero attached hydrogens (tertiary/aromatic N) is 5. The highest BCUT2D eigenvalue weighted by Gasteiger charge is 2.10. The summed E-state index contributed by atoms with van der Waals surface area (Å²) in [4.78, 5) is 8.53. The second kappa shape index (κ2) is 5.24. The summed E-state index contributed by atoms with van der Waals surface area (Å²) in [6.07, 6.45) is 7.09. The van der Waals surface area contributed by atoms with Crippen molar-refractivity contribution in [3.63, 3.8) is 0 Å². The van der Waals surface area contributed by atoms with Gasteiger partial charge in [-0.1, -0.05) is 11.2 Å². The number of aryl methyl sites for hydroxylation is 4. The van der Waals surface area contributed by atoms with Crippen LogP contribution in [0.2, 0.25) is 0 Å². The summed E-state index contributed by atoms with van der Waals surface area (Å²) in [5, 5.41) is 8.20. The fourth-order valence-electron chi connectivity index (χ4n) is 2.00. The lowest BCUT2D eigenvalue weighted by atomic mass is 10.1. The molecule has 0 atom stereocenters. The van der Waals surface area contributed by atoms with E-state index in [4.69, 9.17) is 4.52 Å². The normalized spacial score (nSPS) is 10.9. The largest absolute Gasteiger partial charge is 0.339 e. The minimum absolute atomic E-state index is 0.531. The monoisotopic (exact) mass is 269 g/mol. The van der Waals surface area contributed by atoms with Gasteiger partial charge in [-0.05, 0) is 30.5 Å². The van der Waals surface area contributed by atoms with Crippen molar-refractivity contribution in [2.45, 2.75) is 19.8 Å². The van der Waals surface area contributed by atoms with Gasteiger partial charge in [0.15, 0.2) is 0 Å². The molecule has 0 aliphatic carbocycles. The molecule has 0 saturated heterocycles. The Morgan fingerprint density at radius 1 is 1.25 bits per heavy atom. The Balaban J connectivity index is 1.68. The maximum Gasteiger partial charge on any atom is 0.227 e. The van der Waals surface area contributed by atoms with E-state index in [2.05, 4.69) is 26.3 Å². The van der Waals surface area contributed by atoms with Crippen LogP contribution in [0.5, 0.6) is 0 Å². The zero-order chi connectivity index (χ0) is 13.9. The lowest BCUT2D eigenvalue weighted by molar-refractivity contribution is 0.378. The molecule has 0 saturated carbocycles. The summed E-state index contributed by atoms with van der Waals surface area (Å²) in [5.74, 6) is 1.15. The van der Waals surface area contributed by atoms with Gasteiger partial charge < -0.3 is 4.52 Å². The molecule has 0 amide bonds. The number of hydrogen-bond acceptors (Lipinski definition) is 5. The predicted octanol–water partition coefficient (Wildman–Crippen LogP) is 1.96. The molecule has 0 fully saturated rings. The Labute approximate surface area is 116 Å². The molecule has 0 unspecified atom stereocenters. The van der Waals surface area contributed by atoms with Crippen LogP contribution in [0.1, 0.15) is 17.0 Å². The van der Waals surface area contributed by atoms with Gasteiger partial charge >= 0.3 is 0 Å². The third kappa shape index (κ3) is 2.74. The Kier molecular flexibility index (Phi) is 3.28. The Morgan fingerprint density at radius 2 is 2.15 bits per heavy atom. The van der Waals surface area contributed by atoms with Crippen LogP contribution >= 0.6 is 0 Å². The molecule has 0 aliphatic rings. The zero-order valence-electron chi connectivity index (χ0n) is 11.4. The maximum atomic E-state index is 5.25. The SMILES string of the molecule is Cc1cncc(CCc2nc(-c3ccn(C)n3)no2)c1. The smallest absolute Gasteiger partial charge is 0.227 e. The molecule has 3 heterocycles. The van der Waals surface area contributed by atoms with Gasteiger partial charge in [-0.3, -0.25) is 9.67 Å². The quantitative estimate of drug-likeness (QED) is 0.724. The zero-order valence-corrected chi connectivity index (χ0v) is 11.4. The topological polar surface area (TPSA) is 69.6 Å². The van der Waals surface area contributed by atoms with Crippen LogP contribution in [0.15, 0.2) is 35.2 Å². The first-order valence-electron chi connectivity index (χ1n) is 6.44. The molecule has 102 valence electrons. The molecule has 3 aromatic heterocycles. The summed E-state index contributed by atoms with van der Waals surface area (Å²) >= 11 is 0. The van der Waals surface area contributed by atoms with Crippen LogP contribution in [0, 0.1) is 6.92 Å². The number of aromatic nitrogens is 5. The molecule has 0 N–H and O–H groups in total. The molecule has 0 aliphatic heterocycles. The summed E-state index contributed by atoms with van der Waals surface area (Å²) < 4.78 is 6.96. The van der Waals surface area contributed by atoms with Crippen LogP contribution in [0.3, 0.4) is 0 Å². The highest BCUT2D eigenvalue weighted by Crippen LogP contribution is 2.13. The average molecular weight is 269 g/mol. The minimum atomic E-state index is 0.531. The molecule has 0 bridgehead atoms. The van der Waals surface area contributed by atoms with Crippen molar-refractivity contribution in [2.75, 3.05) is 0 Å². The maximum absolute atomic E-state index is 5.25. The second-order valence-electron chi connectivity index (χ2n) is 4.76. The highest BCUT2D eigenvalue weighted by molar-refractivity contribution is 5.46. The number of hydrogen-bond donors (Lipinski definition) is 0. The molecule has 6 heteroatoms. The summed E-state index contributed by atoms with van der Waals surface area (Å²) in [6, 6.07) is 3.97. The fraction of sp³-hybridized carbons (Fsp3) is 0.286. The molecular weight excluding hydrogens is 254 g/mol. The molecule has 3 aromatic rings. The fourth-order valence-corrected chi connectivity index (χ4v) is 2.00. The number of rotatable bonds is 4. The van der Waals surface area contributed by atoms with Gasteiger partial charge in [0, 0.05) is 32.1 Å². The van der Waals surface area contributed by atoms with E-state index in [9.17, 15) is 0 Å². The number of pyridine rings is 1. The summed E-state index contributed by atoms with van der Waals surface area (Å²) in [5.41, 5.74) is 3.05. The van der Waals surface area contributed by atoms with E-state index in [0.29, 0.717) is 18.1 Å². The first-order chi connectivity index (χ1) is 9.70. The van der Waals surface area contributed by atoms with Crippen molar-refractivity contribution in [3.05, 3.63) is 47.7 Å². The van der Waals surface area contributed by atoms with Crippen LogP contribution in [-0.2, 0) is 19.9 Å². The minimum Gasteiger partial charge on any atom is -0.339 e. The lowest BCUT2D eigenvalue weighted by Crippen LogP contribution is -1.93. The van der Waals surface area contributed by atoms with Gasteiger partial charge in [-0.25, -0.2) is 0 Å². The molecule has 3 rings (SSSR count). The van der Waals surface area contributed by atoms with Gasteiger partial charge in [-0.2, -0.15) is 10.1 Å². The van der Waals surface area contributed by atoms with Gasteiger partial charge in [0.1, 0.15) is 5.69 Å². The van der Waals surface area contributed by atoms with Gasteiger partial charge in [0.05, 0.1) is 0 Å². The molecule has 6 nitrogen and oxygen atoms in total. The van der Waals surface area contributed by atoms with Crippen molar-refractivity contribution in [2.24, 2.45) is 7.05 Å². The average Bonchev–Trinajstić information content (AvgIpc) is 3.05. The third-order valence-corrected chi connectivity index (χ3v) is 2.97. The third-order valence-electron chi connectivity index (χ3n) is 2.97. The molecule has 0 radical (unpaired) electrons. The lowest BCUT2D eigenvalue weighted by Gasteiger charge is -1.98. The summed E-state index contributed by atoms with van der Waals surface area (Å²) in [7, 11) is 1.86. The second-order valence-corrected chi connectivity index (χ2v) is 4.76. The van der Waals surface area contributed by atoms with E-state index < -0.39 is 0 Å². The molecule has 0 aromatic carbocycles. The van der Waals surface area contributed by atoms with Crippen LogP contribution in [-0.4, -0.2) is 24.9 Å².